The van der Waals surface area contributed by atoms with Gasteiger partial charge in [0.1, 0.15) is 0 Å². The highest BCUT2D eigenvalue weighted by Crippen LogP contribution is 2.38. The van der Waals surface area contributed by atoms with Crippen LogP contribution in [0.1, 0.15) is 71.6 Å². The zero-order chi connectivity index (χ0) is 14.8. The van der Waals surface area contributed by atoms with Crippen LogP contribution < -0.4 is 0 Å². The summed E-state index contributed by atoms with van der Waals surface area (Å²) in [7, 11) is 0. The van der Waals surface area contributed by atoms with E-state index in [0.717, 1.165) is 51.7 Å². The Morgan fingerprint density at radius 3 is 1.86 bits per heavy atom. The second kappa shape index (κ2) is 6.17. The molecule has 0 aromatic carbocycles. The molecule has 118 valence electrons. The molecule has 0 aromatic rings. The lowest BCUT2D eigenvalue weighted by molar-refractivity contribution is -0.305. The highest BCUT2D eigenvalue weighted by molar-refractivity contribution is 5.88. The van der Waals surface area contributed by atoms with Gasteiger partial charge in [-0.15, -0.1) is 0 Å². The summed E-state index contributed by atoms with van der Waals surface area (Å²) in [6, 6.07) is 0. The fourth-order valence-electron chi connectivity index (χ4n) is 3.25. The van der Waals surface area contributed by atoms with Crippen molar-refractivity contribution in [2.24, 2.45) is 15.6 Å². The van der Waals surface area contributed by atoms with Crippen molar-refractivity contribution in [3.05, 3.63) is 0 Å². The van der Waals surface area contributed by atoms with Crippen molar-refractivity contribution in [3.8, 4) is 0 Å². The summed E-state index contributed by atoms with van der Waals surface area (Å²) in [5.41, 5.74) is 2.66. The second-order valence-electron chi connectivity index (χ2n) is 7.55. The van der Waals surface area contributed by atoms with Crippen LogP contribution in [0.5, 0.6) is 0 Å². The molecule has 1 aliphatic heterocycles. The molecule has 3 fully saturated rings. The Kier molecular flexibility index (Phi) is 4.46. The van der Waals surface area contributed by atoms with Gasteiger partial charge in [-0.25, -0.2) is 0 Å². The van der Waals surface area contributed by atoms with Gasteiger partial charge in [-0.2, -0.15) is 10.2 Å². The van der Waals surface area contributed by atoms with E-state index in [1.807, 2.05) is 0 Å². The van der Waals surface area contributed by atoms with Crippen molar-refractivity contribution < 1.29 is 9.47 Å². The highest BCUT2D eigenvalue weighted by atomic mass is 16.7. The van der Waals surface area contributed by atoms with Crippen LogP contribution in [0.25, 0.3) is 0 Å². The molecule has 2 aliphatic carbocycles. The number of hydrogen-bond donors (Lipinski definition) is 0. The van der Waals surface area contributed by atoms with Crippen LogP contribution >= 0.6 is 0 Å². The number of hydrogen-bond acceptors (Lipinski definition) is 4. The predicted molar refractivity (Wildman–Crippen MR) is 84.8 cm³/mol. The third-order valence-electron chi connectivity index (χ3n) is 4.80. The standard InChI is InChI=1S/C17H28N2O2/c1-16(2)12-20-17(21-13-16)10-8-15(9-11-17)19-18-14-6-4-3-5-7-14/h3-13H2,1-2H3. The summed E-state index contributed by atoms with van der Waals surface area (Å²) in [5, 5.41) is 8.99. The third-order valence-corrected chi connectivity index (χ3v) is 4.80. The molecular formula is C17H28N2O2. The van der Waals surface area contributed by atoms with Gasteiger partial charge in [0, 0.05) is 29.7 Å². The number of ether oxygens (including phenoxy) is 2. The Balaban J connectivity index is 1.53. The Morgan fingerprint density at radius 2 is 1.29 bits per heavy atom. The van der Waals surface area contributed by atoms with Crippen molar-refractivity contribution in [1.82, 2.24) is 0 Å². The second-order valence-corrected chi connectivity index (χ2v) is 7.55. The summed E-state index contributed by atoms with van der Waals surface area (Å²) in [5.74, 6) is -0.341. The molecule has 0 amide bonds. The maximum atomic E-state index is 6.05. The molecule has 0 radical (unpaired) electrons. The van der Waals surface area contributed by atoms with Crippen LogP contribution in [0.4, 0.5) is 0 Å². The quantitative estimate of drug-likeness (QED) is 0.683. The summed E-state index contributed by atoms with van der Waals surface area (Å²) >= 11 is 0. The highest BCUT2D eigenvalue weighted by Gasteiger charge is 2.42. The fourth-order valence-corrected chi connectivity index (χ4v) is 3.25. The van der Waals surface area contributed by atoms with Gasteiger partial charge in [0.15, 0.2) is 5.79 Å². The number of nitrogens with zero attached hydrogens (tertiary/aromatic N) is 2. The molecule has 1 heterocycles. The topological polar surface area (TPSA) is 43.2 Å². The van der Waals surface area contributed by atoms with Crippen LogP contribution in [-0.2, 0) is 9.47 Å². The lowest BCUT2D eigenvalue weighted by Crippen LogP contribution is -2.49. The van der Waals surface area contributed by atoms with Crippen molar-refractivity contribution in [2.45, 2.75) is 77.4 Å². The molecule has 3 rings (SSSR count). The fraction of sp³-hybridized carbons (Fsp3) is 0.882. The van der Waals surface area contributed by atoms with Gasteiger partial charge in [0.2, 0.25) is 0 Å². The average molecular weight is 292 g/mol. The van der Waals surface area contributed by atoms with E-state index in [1.54, 1.807) is 0 Å². The summed E-state index contributed by atoms with van der Waals surface area (Å²) < 4.78 is 12.1. The Labute approximate surface area is 128 Å². The smallest absolute Gasteiger partial charge is 0.169 e. The zero-order valence-corrected chi connectivity index (χ0v) is 13.5. The molecular weight excluding hydrogens is 264 g/mol. The zero-order valence-electron chi connectivity index (χ0n) is 13.5. The van der Waals surface area contributed by atoms with Gasteiger partial charge < -0.3 is 9.47 Å². The Morgan fingerprint density at radius 1 is 0.762 bits per heavy atom. The summed E-state index contributed by atoms with van der Waals surface area (Å²) in [6.45, 7) is 5.97. The molecule has 0 aromatic heterocycles. The van der Waals surface area contributed by atoms with E-state index in [-0.39, 0.29) is 11.2 Å². The molecule has 0 unspecified atom stereocenters. The molecule has 0 bridgehead atoms. The first kappa shape index (κ1) is 15.2. The van der Waals surface area contributed by atoms with E-state index in [2.05, 4.69) is 24.1 Å². The maximum absolute atomic E-state index is 6.05. The first-order valence-electron chi connectivity index (χ1n) is 8.46. The summed E-state index contributed by atoms with van der Waals surface area (Å²) in [4.78, 5) is 0. The van der Waals surface area contributed by atoms with E-state index in [0.29, 0.717) is 0 Å². The maximum Gasteiger partial charge on any atom is 0.169 e. The monoisotopic (exact) mass is 292 g/mol. The molecule has 3 aliphatic rings. The largest absolute Gasteiger partial charge is 0.349 e. The van der Waals surface area contributed by atoms with Gasteiger partial charge in [0.25, 0.3) is 0 Å². The van der Waals surface area contributed by atoms with E-state index in [4.69, 9.17) is 9.47 Å². The normalized spacial score (nSPS) is 28.5. The van der Waals surface area contributed by atoms with Gasteiger partial charge >= 0.3 is 0 Å². The van der Waals surface area contributed by atoms with Crippen molar-refractivity contribution in [2.75, 3.05) is 13.2 Å². The van der Waals surface area contributed by atoms with Crippen LogP contribution in [-0.4, -0.2) is 30.4 Å². The lowest BCUT2D eigenvalue weighted by Gasteiger charge is -2.45. The molecule has 4 heteroatoms. The van der Waals surface area contributed by atoms with Gasteiger partial charge in [-0.3, -0.25) is 0 Å². The first-order valence-corrected chi connectivity index (χ1v) is 8.46. The van der Waals surface area contributed by atoms with Gasteiger partial charge in [-0.05, 0) is 38.5 Å². The van der Waals surface area contributed by atoms with E-state index in [1.165, 1.54) is 30.7 Å². The van der Waals surface area contributed by atoms with Crippen LogP contribution in [0.15, 0.2) is 10.2 Å². The van der Waals surface area contributed by atoms with Gasteiger partial charge in [0.05, 0.1) is 13.2 Å². The molecule has 4 nitrogen and oxygen atoms in total. The summed E-state index contributed by atoms with van der Waals surface area (Å²) in [6.07, 6.45) is 9.95. The number of rotatable bonds is 1. The average Bonchev–Trinajstić information content (AvgIpc) is 2.51. The Bertz CT molecular complexity index is 410. The molecule has 2 saturated carbocycles. The predicted octanol–water partition coefficient (Wildman–Crippen LogP) is 4.09. The SMILES string of the molecule is CC1(C)COC2(CCC(=NN=C3CCCCC3)CC2)OC1. The molecule has 1 spiro atoms. The van der Waals surface area contributed by atoms with Gasteiger partial charge in [-0.1, -0.05) is 20.3 Å². The minimum Gasteiger partial charge on any atom is -0.349 e. The Hall–Kier alpha value is -0.740. The van der Waals surface area contributed by atoms with Crippen molar-refractivity contribution in [1.29, 1.82) is 0 Å². The molecule has 21 heavy (non-hydrogen) atoms. The first-order chi connectivity index (χ1) is 10.1. The lowest BCUT2D eigenvalue weighted by atomic mass is 9.88. The minimum atomic E-state index is -0.341. The van der Waals surface area contributed by atoms with E-state index >= 15 is 0 Å². The van der Waals surface area contributed by atoms with E-state index < -0.39 is 0 Å². The molecule has 0 atom stereocenters. The third kappa shape index (κ3) is 3.92. The van der Waals surface area contributed by atoms with Crippen LogP contribution in [0.3, 0.4) is 0 Å². The van der Waals surface area contributed by atoms with Crippen molar-refractivity contribution >= 4 is 11.4 Å². The van der Waals surface area contributed by atoms with E-state index in [9.17, 15) is 0 Å². The van der Waals surface area contributed by atoms with Crippen LogP contribution in [0, 0.1) is 5.41 Å². The minimum absolute atomic E-state index is 0.145. The van der Waals surface area contributed by atoms with Crippen molar-refractivity contribution in [3.63, 3.8) is 0 Å². The molecule has 0 N–H and O–H groups in total. The van der Waals surface area contributed by atoms with Crippen LogP contribution in [0.2, 0.25) is 0 Å². The molecule has 1 saturated heterocycles.